The van der Waals surface area contributed by atoms with Crippen LogP contribution in [0.3, 0.4) is 0 Å². The van der Waals surface area contributed by atoms with E-state index in [1.165, 1.54) is 7.11 Å². The number of carbonyl (C=O) groups excluding carboxylic acids is 4. The fraction of sp³-hybridized carbons (Fsp3) is 0.500. The first-order chi connectivity index (χ1) is 30.8. The number of aliphatic hydroxyl groups is 1. The van der Waals surface area contributed by atoms with Crippen LogP contribution < -0.4 is 10.6 Å². The number of hydrogen-bond acceptors (Lipinski definition) is 10. The van der Waals surface area contributed by atoms with Gasteiger partial charge < -0.3 is 34.9 Å². The van der Waals surface area contributed by atoms with Gasteiger partial charge in [0.15, 0.2) is 5.78 Å². The molecule has 4 heterocycles. The van der Waals surface area contributed by atoms with Crippen LogP contribution >= 0.6 is 23.0 Å². The number of aromatic nitrogens is 4. The van der Waals surface area contributed by atoms with E-state index in [1.54, 1.807) is 23.0 Å². The Morgan fingerprint density at radius 3 is 1.86 bits per heavy atom. The average Bonchev–Trinajstić information content (AvgIpc) is 4.15. The Balaban J connectivity index is 1.03. The minimum atomic E-state index is -1.26. The van der Waals surface area contributed by atoms with Crippen molar-refractivity contribution in [3.8, 4) is 22.3 Å². The van der Waals surface area contributed by atoms with Crippen molar-refractivity contribution >= 4 is 68.8 Å². The normalized spacial score (nSPS) is 20.9. The number of H-pyrrole nitrogens is 2. The Morgan fingerprint density at radius 2 is 1.33 bits per heavy atom. The van der Waals surface area contributed by atoms with Gasteiger partial charge in [0.05, 0.1) is 47.3 Å². The van der Waals surface area contributed by atoms with Gasteiger partial charge in [0.1, 0.15) is 40.7 Å². The highest BCUT2D eigenvalue weighted by Gasteiger charge is 2.49. The summed E-state index contributed by atoms with van der Waals surface area (Å²) in [6.45, 7) is 8.84. The molecule has 0 bridgehead atoms. The van der Waals surface area contributed by atoms with Gasteiger partial charge in [-0.05, 0) is 109 Å². The average molecular weight is 985 g/mol. The summed E-state index contributed by atoms with van der Waals surface area (Å²) < 4.78 is 9.79. The monoisotopic (exact) mass is 984 g/mol. The summed E-state index contributed by atoms with van der Waals surface area (Å²) in [7, 11) is 1.29. The van der Waals surface area contributed by atoms with Crippen LogP contribution in [0.25, 0.3) is 44.3 Å². The number of ether oxygens (including phenoxy) is 1. The zero-order valence-electron chi connectivity index (χ0n) is 37.0. The van der Waals surface area contributed by atoms with Gasteiger partial charge in [-0.2, -0.15) is 0 Å². The van der Waals surface area contributed by atoms with E-state index >= 15 is 0 Å². The van der Waals surface area contributed by atoms with Crippen molar-refractivity contribution in [2.24, 2.45) is 17.3 Å². The first-order valence-corrected chi connectivity index (χ1v) is 23.6. The van der Waals surface area contributed by atoms with E-state index in [2.05, 4.69) is 50.9 Å². The molecule has 5 aromatic rings. The number of nitrogens with zero attached hydrogens (tertiary/aromatic N) is 4. The summed E-state index contributed by atoms with van der Waals surface area (Å²) in [6.07, 6.45) is 5.80. The van der Waals surface area contributed by atoms with Crippen molar-refractivity contribution in [3.63, 3.8) is 0 Å². The number of halogens is 1. The van der Waals surface area contributed by atoms with E-state index in [9.17, 15) is 24.3 Å². The maximum absolute atomic E-state index is 14.8. The third-order valence-corrected chi connectivity index (χ3v) is 14.6. The Labute approximate surface area is 386 Å². The van der Waals surface area contributed by atoms with Crippen LogP contribution in [0.1, 0.15) is 119 Å². The van der Waals surface area contributed by atoms with Crippen molar-refractivity contribution in [2.45, 2.75) is 116 Å². The van der Waals surface area contributed by atoms with Crippen LogP contribution in [0.2, 0.25) is 0 Å². The van der Waals surface area contributed by atoms with E-state index in [0.717, 1.165) is 113 Å². The van der Waals surface area contributed by atoms with E-state index in [4.69, 9.17) is 17.8 Å². The summed E-state index contributed by atoms with van der Waals surface area (Å²) in [5.74, 6) is 1.18. The van der Waals surface area contributed by atoms with Gasteiger partial charge in [-0.25, -0.2) is 14.8 Å². The molecule has 64 heavy (non-hydrogen) atoms. The van der Waals surface area contributed by atoms with Crippen molar-refractivity contribution < 1.29 is 32.1 Å². The maximum Gasteiger partial charge on any atom is 0.407 e. The zero-order chi connectivity index (χ0) is 45.0. The molecule has 1 unspecified atom stereocenters. The number of hydrogen-bond donors (Lipinski definition) is 5. The Bertz CT molecular complexity index is 2620. The number of imidazole rings is 2. The van der Waals surface area contributed by atoms with E-state index in [1.807, 2.05) is 55.7 Å². The lowest BCUT2D eigenvalue weighted by Gasteiger charge is -2.31. The standard InChI is InChI=1S/C48H57IN8O7/c1-25(2)39(54-46(61)63-5)44(59)56-20-8-10-36(56)43-51-33-17-13-28(23-35(33)53-43)30-15-14-29(31-24-48(18-6-7-19-48)41(58)38(30)31)27-12-16-32-34(22-27)52-42(50-32)37-11-9-21-57(37)45(60)40(26(3)4)55-47(62)64-49/h12-17,22-23,25-26,36-37,39-40,47,55,62H,6-11,18-21,24H2,1-5H3,(H,50,52)(H,51,53)(H,54,61)/t36-,37-,39-,40-,47?/m0/s1. The number of benzene rings is 3. The highest BCUT2D eigenvalue weighted by Crippen LogP contribution is 2.53. The van der Waals surface area contributed by atoms with Gasteiger partial charge in [0.2, 0.25) is 18.2 Å². The Kier molecular flexibility index (Phi) is 12.3. The molecule has 338 valence electrons. The van der Waals surface area contributed by atoms with E-state index < -0.39 is 30.0 Å². The third-order valence-electron chi connectivity index (χ3n) is 14.2. The number of alkyl carbamates (subject to hydrolysis) is 1. The fourth-order valence-corrected chi connectivity index (χ4v) is 11.0. The number of Topliss-reactive ketones (excluding diaryl/α,β-unsaturated/α-hetero) is 1. The number of nitrogens with one attached hydrogen (secondary N) is 4. The molecule has 2 aliphatic carbocycles. The molecule has 4 aliphatic rings. The topological polar surface area (TPSA) is 195 Å². The molecule has 2 aliphatic heterocycles. The SMILES string of the molecule is COC(=O)N[C@H](C(=O)N1CCC[C@H]1c1nc2ccc(-c3ccc(-c4ccc5nc([C@@H]6CCCN6C(=O)[C@@H](NC(O)OI)C(C)C)[nH]c5c4)c4c3C(=O)C3(CCCC3)C4)cc2[nH]1)C(C)C. The van der Waals surface area contributed by atoms with Gasteiger partial charge in [0, 0.05) is 24.1 Å². The molecular formula is C48H57IN8O7. The number of rotatable bonds is 12. The molecule has 0 radical (unpaired) electrons. The number of amides is 3. The number of aliphatic hydroxyl groups excluding tert-OH is 1. The number of fused-ring (bicyclic) bond motifs is 3. The number of aromatic amines is 2. The first kappa shape index (κ1) is 44.3. The smallest absolute Gasteiger partial charge is 0.407 e. The van der Waals surface area contributed by atoms with Crippen LogP contribution in [-0.4, -0.2) is 97.2 Å². The summed E-state index contributed by atoms with van der Waals surface area (Å²) in [6, 6.07) is 14.7. The molecule has 5 N–H and O–H groups in total. The summed E-state index contributed by atoms with van der Waals surface area (Å²) in [4.78, 5) is 75.3. The second-order valence-corrected chi connectivity index (χ2v) is 19.3. The van der Waals surface area contributed by atoms with Crippen LogP contribution in [0.15, 0.2) is 48.5 Å². The van der Waals surface area contributed by atoms with Gasteiger partial charge in [-0.3, -0.25) is 22.8 Å². The van der Waals surface area contributed by atoms with Crippen molar-refractivity contribution in [1.29, 1.82) is 0 Å². The molecule has 3 fully saturated rings. The van der Waals surface area contributed by atoms with Crippen molar-refractivity contribution in [1.82, 2.24) is 40.4 Å². The predicted octanol–water partition coefficient (Wildman–Crippen LogP) is 8.04. The summed E-state index contributed by atoms with van der Waals surface area (Å²) in [5.41, 5.74) is 8.58. The fourth-order valence-electron chi connectivity index (χ4n) is 10.9. The van der Waals surface area contributed by atoms with Gasteiger partial charge in [-0.1, -0.05) is 64.8 Å². The van der Waals surface area contributed by atoms with Gasteiger partial charge in [-0.15, -0.1) is 0 Å². The quantitative estimate of drug-likeness (QED) is 0.0604. The van der Waals surface area contributed by atoms with Gasteiger partial charge in [0.25, 0.3) is 0 Å². The minimum Gasteiger partial charge on any atom is -0.453 e. The van der Waals surface area contributed by atoms with Gasteiger partial charge >= 0.3 is 6.09 Å². The van der Waals surface area contributed by atoms with E-state index in [0.29, 0.717) is 25.3 Å². The molecule has 1 saturated carbocycles. The highest BCUT2D eigenvalue weighted by atomic mass is 127. The molecule has 15 nitrogen and oxygen atoms in total. The van der Waals surface area contributed by atoms with Crippen LogP contribution in [0.5, 0.6) is 0 Å². The highest BCUT2D eigenvalue weighted by molar-refractivity contribution is 14.1. The molecule has 3 amide bonds. The molecule has 5 atom stereocenters. The molecule has 16 heteroatoms. The van der Waals surface area contributed by atoms with Crippen LogP contribution in [0.4, 0.5) is 4.79 Å². The number of carbonyl (C=O) groups is 4. The minimum absolute atomic E-state index is 0.0766. The van der Waals surface area contributed by atoms with E-state index in [-0.39, 0.29) is 41.5 Å². The lowest BCUT2D eigenvalue weighted by Crippen LogP contribution is -2.52. The third kappa shape index (κ3) is 7.97. The summed E-state index contributed by atoms with van der Waals surface area (Å²) in [5, 5.41) is 15.8. The molecular weight excluding hydrogens is 927 g/mol. The molecule has 2 aromatic heterocycles. The Hall–Kier alpha value is -4.91. The number of methoxy groups -OCH3 is 1. The predicted molar refractivity (Wildman–Crippen MR) is 250 cm³/mol. The first-order valence-electron chi connectivity index (χ1n) is 22.7. The Morgan fingerprint density at radius 1 is 0.797 bits per heavy atom. The second-order valence-electron chi connectivity index (χ2n) is 18.8. The summed E-state index contributed by atoms with van der Waals surface area (Å²) >= 11 is 1.62. The molecule has 3 aromatic carbocycles. The molecule has 1 spiro atoms. The van der Waals surface area contributed by atoms with Crippen LogP contribution in [0, 0.1) is 17.3 Å². The zero-order valence-corrected chi connectivity index (χ0v) is 39.2. The lowest BCUT2D eigenvalue weighted by molar-refractivity contribution is -0.139. The molecule has 2 saturated heterocycles. The molecule has 9 rings (SSSR count). The van der Waals surface area contributed by atoms with Crippen molar-refractivity contribution in [2.75, 3.05) is 20.2 Å². The van der Waals surface area contributed by atoms with Crippen LogP contribution in [-0.2, 0) is 23.8 Å². The maximum atomic E-state index is 14.8. The lowest BCUT2D eigenvalue weighted by atomic mass is 9.81. The van der Waals surface area contributed by atoms with Crippen molar-refractivity contribution in [3.05, 3.63) is 71.3 Å². The number of likely N-dealkylation sites (tertiary alicyclic amines) is 2. The largest absolute Gasteiger partial charge is 0.453 e. The second kappa shape index (κ2) is 17.8. The number of ketones is 1.